The van der Waals surface area contributed by atoms with Crippen LogP contribution in [-0.2, 0) is 21.4 Å². The summed E-state index contributed by atoms with van der Waals surface area (Å²) >= 11 is 0. The van der Waals surface area contributed by atoms with Gasteiger partial charge in [0.05, 0.1) is 31.9 Å². The van der Waals surface area contributed by atoms with Crippen LogP contribution in [0, 0.1) is 0 Å². The molecule has 0 bridgehead atoms. The number of hydrogen-bond acceptors (Lipinski definition) is 6. The first kappa shape index (κ1) is 18.5. The summed E-state index contributed by atoms with van der Waals surface area (Å²) in [5, 5.41) is 1.26. The van der Waals surface area contributed by atoms with E-state index >= 15 is 0 Å². The monoisotopic (exact) mass is 440 g/mol. The summed E-state index contributed by atoms with van der Waals surface area (Å²) in [6.45, 7) is 0. The highest BCUT2D eigenvalue weighted by atomic mass is 32.2. The van der Waals surface area contributed by atoms with Crippen molar-refractivity contribution in [3.63, 3.8) is 0 Å². The molecule has 0 aliphatic carbocycles. The van der Waals surface area contributed by atoms with Crippen LogP contribution in [0.3, 0.4) is 0 Å². The third kappa shape index (κ3) is 2.72. The first-order chi connectivity index (χ1) is 14.3. The zero-order valence-corrected chi connectivity index (χ0v) is 16.8. The number of hydrogen-bond donors (Lipinski definition) is 4. The van der Waals surface area contributed by atoms with Crippen LogP contribution in [0.25, 0.3) is 43.6 Å². The van der Waals surface area contributed by atoms with Gasteiger partial charge in [-0.25, -0.2) is 16.8 Å². The van der Waals surface area contributed by atoms with Gasteiger partial charge in [0.15, 0.2) is 32.3 Å². The van der Waals surface area contributed by atoms with Gasteiger partial charge in [-0.2, -0.15) is 0 Å². The molecule has 0 aliphatic rings. The largest absolute Gasteiger partial charge is 0.354 e. The summed E-state index contributed by atoms with van der Waals surface area (Å²) < 4.78 is 45.1. The summed E-state index contributed by atoms with van der Waals surface area (Å²) in [6.07, 6.45) is 0. The van der Waals surface area contributed by atoms with E-state index in [1.54, 1.807) is 0 Å². The van der Waals surface area contributed by atoms with Crippen molar-refractivity contribution in [3.05, 3.63) is 69.0 Å². The van der Waals surface area contributed by atoms with Gasteiger partial charge in [0, 0.05) is 21.5 Å². The van der Waals surface area contributed by atoms with E-state index in [4.69, 9.17) is 0 Å². The standard InChI is InChI=1S/C20H12N2O6S2/c23-19-11-3-1-9(29(25)26)5-15(11)21-17-8-14-18(7-13(17)19)22-16-6-10(30(27)28)2-4-12(16)20(14)24/h1-8,29-30H,(H,21,23)(H,22,24). The van der Waals surface area contributed by atoms with Gasteiger partial charge in [0.25, 0.3) is 0 Å². The molecule has 0 spiro atoms. The van der Waals surface area contributed by atoms with Crippen molar-refractivity contribution in [2.45, 2.75) is 9.79 Å². The Hall–Kier alpha value is -3.50. The highest BCUT2D eigenvalue weighted by Crippen LogP contribution is 2.23. The van der Waals surface area contributed by atoms with Crippen molar-refractivity contribution in [2.75, 3.05) is 0 Å². The average molecular weight is 440 g/mol. The van der Waals surface area contributed by atoms with E-state index in [2.05, 4.69) is 9.97 Å². The molecular weight excluding hydrogens is 428 g/mol. The molecule has 30 heavy (non-hydrogen) atoms. The van der Waals surface area contributed by atoms with E-state index in [-0.39, 0.29) is 20.6 Å². The lowest BCUT2D eigenvalue weighted by Crippen LogP contribution is -2.08. The molecule has 2 aromatic heterocycles. The van der Waals surface area contributed by atoms with Crippen LogP contribution < -0.4 is 10.9 Å². The molecule has 0 saturated carbocycles. The van der Waals surface area contributed by atoms with E-state index in [0.717, 1.165) is 0 Å². The molecule has 8 nitrogen and oxygen atoms in total. The fourth-order valence-electron chi connectivity index (χ4n) is 3.66. The maximum Gasteiger partial charge on any atom is 0.197 e. The number of aromatic nitrogens is 2. The molecule has 5 rings (SSSR count). The average Bonchev–Trinajstić information content (AvgIpc) is 2.72. The van der Waals surface area contributed by atoms with Crippen molar-refractivity contribution >= 4 is 65.0 Å². The van der Waals surface area contributed by atoms with Gasteiger partial charge in [-0.15, -0.1) is 0 Å². The molecule has 0 fully saturated rings. The molecular formula is C20H12N2O6S2. The smallest absolute Gasteiger partial charge is 0.197 e. The normalized spacial score (nSPS) is 12.1. The number of H-pyrrole nitrogens is 2. The highest BCUT2D eigenvalue weighted by Gasteiger charge is 2.12. The number of pyridine rings is 2. The Bertz CT molecular complexity index is 1680. The molecule has 150 valence electrons. The lowest BCUT2D eigenvalue weighted by molar-refractivity contribution is 0.613. The maximum atomic E-state index is 13.0. The molecule has 0 radical (unpaired) electrons. The number of aromatic amines is 2. The first-order valence-electron chi connectivity index (χ1n) is 8.72. The minimum atomic E-state index is -2.80. The predicted molar refractivity (Wildman–Crippen MR) is 115 cm³/mol. The van der Waals surface area contributed by atoms with E-state index in [9.17, 15) is 26.4 Å². The topological polar surface area (TPSA) is 134 Å². The zero-order chi connectivity index (χ0) is 21.2. The van der Waals surface area contributed by atoms with Crippen LogP contribution in [-0.4, -0.2) is 26.8 Å². The van der Waals surface area contributed by atoms with Gasteiger partial charge in [-0.1, -0.05) is 0 Å². The molecule has 10 heteroatoms. The molecule has 5 aromatic rings. The van der Waals surface area contributed by atoms with E-state index in [1.807, 2.05) is 0 Å². The first-order valence-corrected chi connectivity index (χ1v) is 11.1. The summed E-state index contributed by atoms with van der Waals surface area (Å²) in [7, 11) is -5.61. The fourth-order valence-corrected chi connectivity index (χ4v) is 4.52. The Morgan fingerprint density at radius 2 is 0.867 bits per heavy atom. The second kappa shape index (κ2) is 6.51. The maximum absolute atomic E-state index is 13.0. The Kier molecular flexibility index (Phi) is 4.02. The van der Waals surface area contributed by atoms with Gasteiger partial charge in [0.1, 0.15) is 0 Å². The van der Waals surface area contributed by atoms with Crippen molar-refractivity contribution in [3.8, 4) is 0 Å². The molecule has 2 heterocycles. The molecule has 0 atom stereocenters. The second-order valence-electron chi connectivity index (χ2n) is 6.83. The molecule has 0 aliphatic heterocycles. The SMILES string of the molecule is O=c1c2ccc([SH](=O)=O)cc2[nH]c2cc3c(=O)c4ccc([SH](=O)=O)cc4[nH]c3cc12. The van der Waals surface area contributed by atoms with Gasteiger partial charge < -0.3 is 9.97 Å². The van der Waals surface area contributed by atoms with Crippen LogP contribution >= 0.6 is 0 Å². The minimum Gasteiger partial charge on any atom is -0.354 e. The molecule has 0 saturated heterocycles. The second-order valence-corrected chi connectivity index (χ2v) is 8.89. The summed E-state index contributed by atoms with van der Waals surface area (Å²) in [4.78, 5) is 32.1. The van der Waals surface area contributed by atoms with E-state index in [0.29, 0.717) is 43.6 Å². The van der Waals surface area contributed by atoms with Crippen molar-refractivity contribution in [1.82, 2.24) is 9.97 Å². The van der Waals surface area contributed by atoms with E-state index < -0.39 is 21.4 Å². The number of nitrogens with one attached hydrogen (secondary N) is 2. The lowest BCUT2D eigenvalue weighted by atomic mass is 10.1. The van der Waals surface area contributed by atoms with Crippen LogP contribution in [0.15, 0.2) is 67.9 Å². The van der Waals surface area contributed by atoms with Crippen LogP contribution in [0.5, 0.6) is 0 Å². The number of benzene rings is 3. The molecule has 3 aromatic carbocycles. The molecule has 0 unspecified atom stereocenters. The summed E-state index contributed by atoms with van der Waals surface area (Å²) in [5.74, 6) is 0. The van der Waals surface area contributed by atoms with Gasteiger partial charge in [-0.3, -0.25) is 9.59 Å². The molecule has 2 N–H and O–H groups in total. The Labute approximate surface area is 170 Å². The minimum absolute atomic E-state index is 0.0737. The summed E-state index contributed by atoms with van der Waals surface area (Å²) in [5.41, 5.74) is 0.857. The van der Waals surface area contributed by atoms with E-state index in [1.165, 1.54) is 48.5 Å². The number of rotatable bonds is 2. The number of fused-ring (bicyclic) bond motifs is 4. The van der Waals surface area contributed by atoms with Crippen molar-refractivity contribution < 1.29 is 16.8 Å². The molecule has 0 amide bonds. The van der Waals surface area contributed by atoms with Gasteiger partial charge in [-0.05, 0) is 48.5 Å². The highest BCUT2D eigenvalue weighted by molar-refractivity contribution is 7.72. The Balaban J connectivity index is 1.92. The van der Waals surface area contributed by atoms with Gasteiger partial charge >= 0.3 is 0 Å². The number of thiol groups is 2. The van der Waals surface area contributed by atoms with Gasteiger partial charge in [0.2, 0.25) is 0 Å². The third-order valence-electron chi connectivity index (χ3n) is 5.10. The fraction of sp³-hybridized carbons (Fsp3) is 0. The van der Waals surface area contributed by atoms with Crippen LogP contribution in [0.4, 0.5) is 0 Å². The van der Waals surface area contributed by atoms with Crippen LogP contribution in [0.2, 0.25) is 0 Å². The quantitative estimate of drug-likeness (QED) is 0.243. The third-order valence-corrected chi connectivity index (χ3v) is 6.50. The Morgan fingerprint density at radius 3 is 1.23 bits per heavy atom. The Morgan fingerprint density at radius 1 is 0.500 bits per heavy atom. The van der Waals surface area contributed by atoms with Crippen LogP contribution in [0.1, 0.15) is 0 Å². The predicted octanol–water partition coefficient (Wildman–Crippen LogP) is 1.62. The lowest BCUT2D eigenvalue weighted by Gasteiger charge is -2.07. The summed E-state index contributed by atoms with van der Waals surface area (Å²) in [6, 6.07) is 11.4. The van der Waals surface area contributed by atoms with Crippen molar-refractivity contribution in [1.29, 1.82) is 0 Å². The zero-order valence-electron chi connectivity index (χ0n) is 15.0. The van der Waals surface area contributed by atoms with Crippen molar-refractivity contribution in [2.24, 2.45) is 0 Å².